The first kappa shape index (κ1) is 12.0. The third kappa shape index (κ3) is 2.99. The van der Waals surface area contributed by atoms with Crippen LogP contribution in [0.5, 0.6) is 0 Å². The molecule has 1 N–H and O–H groups in total. The van der Waals surface area contributed by atoms with Gasteiger partial charge in [-0.15, -0.1) is 0 Å². The van der Waals surface area contributed by atoms with Crippen molar-refractivity contribution in [1.29, 1.82) is 0 Å². The van der Waals surface area contributed by atoms with E-state index in [0.29, 0.717) is 12.6 Å². The van der Waals surface area contributed by atoms with E-state index in [2.05, 4.69) is 17.3 Å². The Balaban J connectivity index is 1.84. The third-order valence-corrected chi connectivity index (χ3v) is 3.27. The molecule has 2 heterocycles. The molecule has 1 unspecified atom stereocenters. The molecule has 1 aromatic heterocycles. The summed E-state index contributed by atoms with van der Waals surface area (Å²) in [6, 6.07) is 0.402. The minimum atomic E-state index is 0.0426. The Kier molecular flexibility index (Phi) is 3.66. The Morgan fingerprint density at radius 3 is 3.06 bits per heavy atom. The van der Waals surface area contributed by atoms with Gasteiger partial charge in [-0.05, 0) is 26.2 Å². The summed E-state index contributed by atoms with van der Waals surface area (Å²) in [6.07, 6.45) is 7.15. The van der Waals surface area contributed by atoms with Gasteiger partial charge in [0.05, 0.1) is 6.20 Å². The summed E-state index contributed by atoms with van der Waals surface area (Å²) in [5.41, 5.74) is 1.03. The van der Waals surface area contributed by atoms with Crippen LogP contribution in [0.4, 0.5) is 4.79 Å². The van der Waals surface area contributed by atoms with Crippen LogP contribution < -0.4 is 5.32 Å². The number of likely N-dealkylation sites (tertiary alicyclic amines) is 1. The van der Waals surface area contributed by atoms with Crippen LogP contribution in [-0.4, -0.2) is 33.3 Å². The molecule has 5 nitrogen and oxygen atoms in total. The van der Waals surface area contributed by atoms with E-state index in [-0.39, 0.29) is 6.03 Å². The van der Waals surface area contributed by atoms with E-state index in [1.165, 1.54) is 6.42 Å². The number of nitrogens with one attached hydrogen (secondary N) is 1. The highest BCUT2D eigenvalue weighted by Crippen LogP contribution is 2.16. The first-order valence-corrected chi connectivity index (χ1v) is 6.19. The Labute approximate surface area is 102 Å². The Hall–Kier alpha value is -1.52. The minimum absolute atomic E-state index is 0.0426. The van der Waals surface area contributed by atoms with Crippen LogP contribution in [0.2, 0.25) is 0 Å². The van der Waals surface area contributed by atoms with E-state index in [9.17, 15) is 4.79 Å². The van der Waals surface area contributed by atoms with Crippen molar-refractivity contribution in [1.82, 2.24) is 20.0 Å². The molecular formula is C12H20N4O. The number of aromatic nitrogens is 2. The van der Waals surface area contributed by atoms with Gasteiger partial charge in [0.2, 0.25) is 0 Å². The average Bonchev–Trinajstić information content (AvgIpc) is 2.73. The molecule has 0 saturated carbocycles. The number of carbonyl (C=O) groups excluding carboxylic acids is 1. The highest BCUT2D eigenvalue weighted by molar-refractivity contribution is 5.74. The summed E-state index contributed by atoms with van der Waals surface area (Å²) >= 11 is 0. The molecule has 1 saturated heterocycles. The van der Waals surface area contributed by atoms with Gasteiger partial charge >= 0.3 is 6.03 Å². The zero-order chi connectivity index (χ0) is 12.3. The SMILES string of the molecule is CC1CCCCN1C(=O)NCc1cnn(C)c1. The first-order chi connectivity index (χ1) is 8.16. The molecule has 0 spiro atoms. The van der Waals surface area contributed by atoms with E-state index in [1.54, 1.807) is 10.9 Å². The molecule has 94 valence electrons. The molecule has 5 heteroatoms. The van der Waals surface area contributed by atoms with Crippen molar-refractivity contribution in [2.45, 2.75) is 38.8 Å². The number of piperidine rings is 1. The lowest BCUT2D eigenvalue weighted by molar-refractivity contribution is 0.158. The van der Waals surface area contributed by atoms with Crippen molar-refractivity contribution in [3.63, 3.8) is 0 Å². The smallest absolute Gasteiger partial charge is 0.317 e. The fourth-order valence-corrected chi connectivity index (χ4v) is 2.24. The molecule has 0 radical (unpaired) electrons. The summed E-state index contributed by atoms with van der Waals surface area (Å²) in [6.45, 7) is 3.54. The topological polar surface area (TPSA) is 50.2 Å². The number of nitrogens with zero attached hydrogens (tertiary/aromatic N) is 3. The summed E-state index contributed by atoms with van der Waals surface area (Å²) < 4.78 is 1.74. The van der Waals surface area contributed by atoms with Crippen LogP contribution in [0.1, 0.15) is 31.7 Å². The van der Waals surface area contributed by atoms with E-state index >= 15 is 0 Å². The second-order valence-corrected chi connectivity index (χ2v) is 4.72. The minimum Gasteiger partial charge on any atom is -0.334 e. The molecule has 1 fully saturated rings. The highest BCUT2D eigenvalue weighted by atomic mass is 16.2. The fraction of sp³-hybridized carbons (Fsp3) is 0.667. The lowest BCUT2D eigenvalue weighted by atomic mass is 10.0. The van der Waals surface area contributed by atoms with Gasteiger partial charge in [0.15, 0.2) is 0 Å². The summed E-state index contributed by atoms with van der Waals surface area (Å²) in [5, 5.41) is 7.02. The number of aryl methyl sites for hydroxylation is 1. The van der Waals surface area contributed by atoms with Gasteiger partial charge in [0, 0.05) is 37.9 Å². The molecule has 17 heavy (non-hydrogen) atoms. The molecule has 2 amide bonds. The average molecular weight is 236 g/mol. The van der Waals surface area contributed by atoms with E-state index in [1.807, 2.05) is 18.1 Å². The lowest BCUT2D eigenvalue weighted by Gasteiger charge is -2.33. The second kappa shape index (κ2) is 5.21. The van der Waals surface area contributed by atoms with Gasteiger partial charge in [0.25, 0.3) is 0 Å². The molecule has 0 aliphatic carbocycles. The number of amides is 2. The first-order valence-electron chi connectivity index (χ1n) is 6.19. The molecule has 1 aliphatic heterocycles. The van der Waals surface area contributed by atoms with Gasteiger partial charge in [-0.2, -0.15) is 5.10 Å². The Morgan fingerprint density at radius 2 is 2.41 bits per heavy atom. The van der Waals surface area contributed by atoms with E-state index < -0.39 is 0 Å². The van der Waals surface area contributed by atoms with Gasteiger partial charge in [-0.1, -0.05) is 0 Å². The fourth-order valence-electron chi connectivity index (χ4n) is 2.24. The Bertz CT molecular complexity index is 388. The van der Waals surface area contributed by atoms with Crippen molar-refractivity contribution in [3.8, 4) is 0 Å². The standard InChI is InChI=1S/C12H20N4O/c1-10-5-3-4-6-16(10)12(17)13-7-11-8-14-15(2)9-11/h8-10H,3-7H2,1-2H3,(H,13,17). The van der Waals surface area contributed by atoms with Crippen molar-refractivity contribution < 1.29 is 4.79 Å². The van der Waals surface area contributed by atoms with E-state index in [0.717, 1.165) is 24.9 Å². The molecule has 0 aromatic carbocycles. The van der Waals surface area contributed by atoms with Crippen LogP contribution in [-0.2, 0) is 13.6 Å². The maximum atomic E-state index is 12.0. The number of urea groups is 1. The number of rotatable bonds is 2. The predicted molar refractivity (Wildman–Crippen MR) is 65.5 cm³/mol. The van der Waals surface area contributed by atoms with Crippen molar-refractivity contribution in [2.75, 3.05) is 6.54 Å². The number of carbonyl (C=O) groups is 1. The number of hydrogen-bond acceptors (Lipinski definition) is 2. The quantitative estimate of drug-likeness (QED) is 0.846. The zero-order valence-corrected chi connectivity index (χ0v) is 10.5. The normalized spacial score (nSPS) is 20.4. The lowest BCUT2D eigenvalue weighted by Crippen LogP contribution is -2.47. The molecule has 2 rings (SSSR count). The molecule has 1 aromatic rings. The van der Waals surface area contributed by atoms with E-state index in [4.69, 9.17) is 0 Å². The van der Waals surface area contributed by atoms with Crippen LogP contribution >= 0.6 is 0 Å². The maximum absolute atomic E-state index is 12.0. The third-order valence-electron chi connectivity index (χ3n) is 3.27. The molecule has 1 aliphatic rings. The van der Waals surface area contributed by atoms with Crippen molar-refractivity contribution in [2.24, 2.45) is 7.05 Å². The zero-order valence-electron chi connectivity index (χ0n) is 10.5. The van der Waals surface area contributed by atoms with Crippen LogP contribution in [0.15, 0.2) is 12.4 Å². The molecule has 1 atom stereocenters. The van der Waals surface area contributed by atoms with Gasteiger partial charge in [0.1, 0.15) is 0 Å². The summed E-state index contributed by atoms with van der Waals surface area (Å²) in [4.78, 5) is 13.9. The monoisotopic (exact) mass is 236 g/mol. The summed E-state index contributed by atoms with van der Waals surface area (Å²) in [5.74, 6) is 0. The van der Waals surface area contributed by atoms with Crippen LogP contribution in [0.3, 0.4) is 0 Å². The van der Waals surface area contributed by atoms with Crippen LogP contribution in [0, 0.1) is 0 Å². The second-order valence-electron chi connectivity index (χ2n) is 4.72. The maximum Gasteiger partial charge on any atom is 0.317 e. The molecule has 0 bridgehead atoms. The van der Waals surface area contributed by atoms with Gasteiger partial charge < -0.3 is 10.2 Å². The van der Waals surface area contributed by atoms with Crippen LogP contribution in [0.25, 0.3) is 0 Å². The highest BCUT2D eigenvalue weighted by Gasteiger charge is 2.22. The summed E-state index contributed by atoms with van der Waals surface area (Å²) in [7, 11) is 1.87. The van der Waals surface area contributed by atoms with Crippen molar-refractivity contribution in [3.05, 3.63) is 18.0 Å². The number of hydrogen-bond donors (Lipinski definition) is 1. The van der Waals surface area contributed by atoms with Crippen molar-refractivity contribution >= 4 is 6.03 Å². The molecular weight excluding hydrogens is 216 g/mol. The Morgan fingerprint density at radius 1 is 1.59 bits per heavy atom. The van der Waals surface area contributed by atoms with Gasteiger partial charge in [-0.3, -0.25) is 4.68 Å². The largest absolute Gasteiger partial charge is 0.334 e. The predicted octanol–water partition coefficient (Wildman–Crippen LogP) is 1.50. The van der Waals surface area contributed by atoms with Gasteiger partial charge in [-0.25, -0.2) is 4.79 Å².